The monoisotopic (exact) mass is 460 g/mol. The molecule has 0 aliphatic rings. The molecule has 0 amide bonds. The predicted octanol–water partition coefficient (Wildman–Crippen LogP) is 7.51. The van der Waals surface area contributed by atoms with Crippen molar-refractivity contribution in [2.45, 2.75) is 66.2 Å². The summed E-state index contributed by atoms with van der Waals surface area (Å²) in [6.07, 6.45) is 10.1. The van der Waals surface area contributed by atoms with Gasteiger partial charge in [-0.3, -0.25) is 0 Å². The van der Waals surface area contributed by atoms with Crippen molar-refractivity contribution in [2.75, 3.05) is 0 Å². The highest BCUT2D eigenvalue weighted by Gasteiger charge is 2.16. The summed E-state index contributed by atoms with van der Waals surface area (Å²) in [5.74, 6) is 0.290. The molecule has 0 unspecified atom stereocenters. The molecule has 180 valence electrons. The summed E-state index contributed by atoms with van der Waals surface area (Å²) >= 11 is 0. The lowest BCUT2D eigenvalue weighted by atomic mass is 9.92. The van der Waals surface area contributed by atoms with Crippen LogP contribution in [-0.4, -0.2) is 11.9 Å². The van der Waals surface area contributed by atoms with Crippen molar-refractivity contribution in [3.8, 4) is 11.5 Å². The van der Waals surface area contributed by atoms with Crippen LogP contribution in [0.3, 0.4) is 0 Å². The number of ether oxygens (including phenoxy) is 2. The number of unbranched alkanes of at least 4 members (excludes halogenated alkanes) is 2. The van der Waals surface area contributed by atoms with Crippen LogP contribution in [0.4, 0.5) is 0 Å². The first-order valence-corrected chi connectivity index (χ1v) is 11.9. The van der Waals surface area contributed by atoms with Crippen LogP contribution in [-0.2, 0) is 22.4 Å². The molecule has 0 aromatic heterocycles. The van der Waals surface area contributed by atoms with E-state index in [4.69, 9.17) is 9.47 Å². The normalized spacial score (nSPS) is 10.8. The molecule has 0 N–H and O–H groups in total. The molecule has 0 aliphatic carbocycles. The van der Waals surface area contributed by atoms with Gasteiger partial charge in [-0.2, -0.15) is 0 Å². The van der Waals surface area contributed by atoms with Gasteiger partial charge in [0, 0.05) is 11.1 Å². The number of carbonyl (C=O) groups excluding carboxylic acids is 2. The van der Waals surface area contributed by atoms with Crippen molar-refractivity contribution in [1.29, 1.82) is 0 Å². The van der Waals surface area contributed by atoms with Crippen LogP contribution in [0.5, 0.6) is 11.5 Å². The topological polar surface area (TPSA) is 52.6 Å². The molecule has 0 fully saturated rings. The molecule has 2 aromatic rings. The van der Waals surface area contributed by atoms with Crippen LogP contribution < -0.4 is 9.47 Å². The van der Waals surface area contributed by atoms with Gasteiger partial charge in [-0.25, -0.2) is 9.59 Å². The van der Waals surface area contributed by atoms with Gasteiger partial charge in [0.05, 0.1) is 0 Å². The average Bonchev–Trinajstić information content (AvgIpc) is 2.81. The maximum atomic E-state index is 12.2. The third kappa shape index (κ3) is 7.87. The first-order chi connectivity index (χ1) is 16.3. The van der Waals surface area contributed by atoms with Crippen LogP contribution in [0.15, 0.2) is 60.7 Å². The Morgan fingerprint density at radius 2 is 1.32 bits per heavy atom. The first-order valence-electron chi connectivity index (χ1n) is 11.9. The maximum Gasteiger partial charge on any atom is 0.338 e. The Bertz CT molecular complexity index is 1060. The maximum absolute atomic E-state index is 12.2. The van der Waals surface area contributed by atoms with Crippen LogP contribution >= 0.6 is 0 Å². The second-order valence-corrected chi connectivity index (χ2v) is 8.56. The summed E-state index contributed by atoms with van der Waals surface area (Å²) in [7, 11) is 0. The SMILES string of the molecule is C=C(C)C(=O)Oc1ccc(C=Cc2ccc(OC(=O)C(=C)C)c(CCCC)c2CCCC)cc1. The number of benzene rings is 2. The van der Waals surface area contributed by atoms with E-state index >= 15 is 0 Å². The van der Waals surface area contributed by atoms with E-state index in [-0.39, 0.29) is 0 Å². The van der Waals surface area contributed by atoms with Gasteiger partial charge in [0.25, 0.3) is 0 Å². The minimum Gasteiger partial charge on any atom is -0.423 e. The molecule has 0 spiro atoms. The molecule has 4 heteroatoms. The van der Waals surface area contributed by atoms with Crippen molar-refractivity contribution in [2.24, 2.45) is 0 Å². The summed E-state index contributed by atoms with van der Waals surface area (Å²) < 4.78 is 11.0. The van der Waals surface area contributed by atoms with E-state index in [2.05, 4.69) is 33.1 Å². The zero-order chi connectivity index (χ0) is 25.1. The molecule has 2 rings (SSSR count). The summed E-state index contributed by atoms with van der Waals surface area (Å²) in [5, 5.41) is 0. The molecule has 34 heavy (non-hydrogen) atoms. The second kappa shape index (κ2) is 13.3. The minimum absolute atomic E-state index is 0.361. The number of esters is 2. The molecule has 0 saturated heterocycles. The van der Waals surface area contributed by atoms with E-state index in [1.165, 1.54) is 5.56 Å². The highest BCUT2D eigenvalue weighted by molar-refractivity contribution is 5.89. The third-order valence-electron chi connectivity index (χ3n) is 5.43. The Kier molecular flexibility index (Phi) is 10.5. The highest BCUT2D eigenvalue weighted by Crippen LogP contribution is 2.31. The van der Waals surface area contributed by atoms with Gasteiger partial charge in [0.1, 0.15) is 11.5 Å². The van der Waals surface area contributed by atoms with Crippen molar-refractivity contribution >= 4 is 24.1 Å². The molecular formula is C30H36O4. The van der Waals surface area contributed by atoms with Crippen LogP contribution in [0, 0.1) is 0 Å². The third-order valence-corrected chi connectivity index (χ3v) is 5.43. The number of hydrogen-bond acceptors (Lipinski definition) is 4. The van der Waals surface area contributed by atoms with Crippen molar-refractivity contribution < 1.29 is 19.1 Å². The molecule has 0 radical (unpaired) electrons. The zero-order valence-electron chi connectivity index (χ0n) is 20.9. The standard InChI is InChI=1S/C30H36O4/c1-7-9-11-26-24(16-13-23-14-18-25(19-15-23)33-29(31)21(3)4)17-20-28(27(26)12-10-8-2)34-30(32)22(5)6/h13-20H,3,5,7-12H2,1-2,4,6H3. The molecular weight excluding hydrogens is 424 g/mol. The van der Waals surface area contributed by atoms with E-state index in [0.717, 1.165) is 55.2 Å². The summed E-state index contributed by atoms with van der Waals surface area (Å²) in [4.78, 5) is 23.9. The van der Waals surface area contributed by atoms with Gasteiger partial charge in [-0.1, -0.05) is 70.2 Å². The highest BCUT2D eigenvalue weighted by atomic mass is 16.5. The van der Waals surface area contributed by atoms with Crippen molar-refractivity contribution in [3.63, 3.8) is 0 Å². The molecule has 4 nitrogen and oxygen atoms in total. The van der Waals surface area contributed by atoms with E-state index < -0.39 is 11.9 Å². The summed E-state index contributed by atoms with van der Waals surface area (Å²) in [5.41, 5.74) is 5.19. The fourth-order valence-corrected chi connectivity index (χ4v) is 3.43. The van der Waals surface area contributed by atoms with E-state index in [9.17, 15) is 9.59 Å². The number of rotatable bonds is 12. The summed E-state index contributed by atoms with van der Waals surface area (Å²) in [6.45, 7) is 14.9. The first kappa shape index (κ1) is 26.8. The lowest BCUT2D eigenvalue weighted by Crippen LogP contribution is -2.11. The van der Waals surface area contributed by atoms with Crippen molar-refractivity contribution in [3.05, 3.63) is 83.0 Å². The van der Waals surface area contributed by atoms with Gasteiger partial charge in [0.2, 0.25) is 0 Å². The quantitative estimate of drug-likeness (QED) is 0.142. The summed E-state index contributed by atoms with van der Waals surface area (Å²) in [6, 6.07) is 11.3. The smallest absolute Gasteiger partial charge is 0.338 e. The van der Waals surface area contributed by atoms with Crippen LogP contribution in [0.1, 0.15) is 75.6 Å². The molecule has 0 heterocycles. The number of hydrogen-bond donors (Lipinski definition) is 0. The molecule has 0 bridgehead atoms. The Morgan fingerprint density at radius 1 is 0.765 bits per heavy atom. The molecule has 0 saturated carbocycles. The lowest BCUT2D eigenvalue weighted by Gasteiger charge is -2.17. The molecule has 0 atom stereocenters. The Labute approximate surface area is 204 Å². The lowest BCUT2D eigenvalue weighted by molar-refractivity contribution is -0.131. The van der Waals surface area contributed by atoms with Crippen LogP contribution in [0.2, 0.25) is 0 Å². The largest absolute Gasteiger partial charge is 0.423 e. The predicted molar refractivity (Wildman–Crippen MR) is 140 cm³/mol. The van der Waals surface area contributed by atoms with Gasteiger partial charge < -0.3 is 9.47 Å². The zero-order valence-corrected chi connectivity index (χ0v) is 20.9. The fourth-order valence-electron chi connectivity index (χ4n) is 3.43. The van der Waals surface area contributed by atoms with E-state index in [0.29, 0.717) is 22.6 Å². The average molecular weight is 461 g/mol. The van der Waals surface area contributed by atoms with Gasteiger partial charge >= 0.3 is 11.9 Å². The van der Waals surface area contributed by atoms with E-state index in [1.54, 1.807) is 26.0 Å². The van der Waals surface area contributed by atoms with Gasteiger partial charge in [-0.05, 0) is 80.0 Å². The Balaban J connectivity index is 2.37. The Hall–Kier alpha value is -3.40. The molecule has 0 aliphatic heterocycles. The van der Waals surface area contributed by atoms with Gasteiger partial charge in [0.15, 0.2) is 0 Å². The number of carbonyl (C=O) groups is 2. The molecule has 2 aromatic carbocycles. The van der Waals surface area contributed by atoms with E-state index in [1.807, 2.05) is 30.3 Å². The Morgan fingerprint density at radius 3 is 1.88 bits per heavy atom. The fraction of sp³-hybridized carbons (Fsp3) is 0.333. The minimum atomic E-state index is -0.434. The van der Waals surface area contributed by atoms with Crippen LogP contribution in [0.25, 0.3) is 12.2 Å². The second-order valence-electron chi connectivity index (χ2n) is 8.56. The van der Waals surface area contributed by atoms with Gasteiger partial charge in [-0.15, -0.1) is 0 Å². The van der Waals surface area contributed by atoms with Crippen molar-refractivity contribution in [1.82, 2.24) is 0 Å².